The second-order valence-electron chi connectivity index (χ2n) is 7.38. The van der Waals surface area contributed by atoms with Gasteiger partial charge in [0.05, 0.1) is 12.0 Å². The van der Waals surface area contributed by atoms with E-state index in [1.165, 1.54) is 6.33 Å². The standard InChI is InChI=1S/C19H21Cl2N5O3S/c20-14-3-2-13(17(21)8-14)9-23-18-16-5-6-26(19(16)25-11-24-18)15-4-1-12(7-15)10-29-30(22,27)28/h2-3,5-6,8,11-12,15H,1,4,7,9-10H2,(H2,22,27,28)(H,23,24,25)/t12-,15-/m0/s1. The van der Waals surface area contributed by atoms with Crippen LogP contribution in [0.2, 0.25) is 10.0 Å². The van der Waals surface area contributed by atoms with E-state index in [-0.39, 0.29) is 18.6 Å². The minimum Gasteiger partial charge on any atom is -0.365 e. The summed E-state index contributed by atoms with van der Waals surface area (Å²) in [6.45, 7) is 0.613. The van der Waals surface area contributed by atoms with Crippen molar-refractivity contribution in [3.63, 3.8) is 0 Å². The van der Waals surface area contributed by atoms with Crippen molar-refractivity contribution in [2.45, 2.75) is 31.8 Å². The lowest BCUT2D eigenvalue weighted by Crippen LogP contribution is -2.19. The Morgan fingerprint density at radius 2 is 2.07 bits per heavy atom. The van der Waals surface area contributed by atoms with Crippen LogP contribution in [0.25, 0.3) is 11.0 Å². The van der Waals surface area contributed by atoms with Gasteiger partial charge in [0.15, 0.2) is 0 Å². The third-order valence-corrected chi connectivity index (χ3v) is 6.40. The Morgan fingerprint density at radius 3 is 2.83 bits per heavy atom. The average Bonchev–Trinajstić information content (AvgIpc) is 3.32. The van der Waals surface area contributed by atoms with Crippen molar-refractivity contribution in [2.24, 2.45) is 11.1 Å². The number of rotatable bonds is 7. The molecular formula is C19H21Cl2N5O3S. The van der Waals surface area contributed by atoms with Crippen molar-refractivity contribution in [3.05, 3.63) is 52.4 Å². The van der Waals surface area contributed by atoms with Crippen molar-refractivity contribution in [1.29, 1.82) is 0 Å². The van der Waals surface area contributed by atoms with E-state index >= 15 is 0 Å². The fourth-order valence-corrected chi connectivity index (χ4v) is 4.75. The number of fused-ring (bicyclic) bond motifs is 1. The van der Waals surface area contributed by atoms with Crippen LogP contribution in [0.4, 0.5) is 5.82 Å². The Balaban J connectivity index is 1.48. The van der Waals surface area contributed by atoms with Crippen LogP contribution in [0.15, 0.2) is 36.8 Å². The summed E-state index contributed by atoms with van der Waals surface area (Å²) in [7, 11) is -3.91. The number of nitrogens with one attached hydrogen (secondary N) is 1. The molecule has 0 spiro atoms. The molecule has 0 radical (unpaired) electrons. The summed E-state index contributed by atoms with van der Waals surface area (Å²) < 4.78 is 28.9. The summed E-state index contributed by atoms with van der Waals surface area (Å²) >= 11 is 12.2. The molecule has 0 unspecified atom stereocenters. The highest BCUT2D eigenvalue weighted by Crippen LogP contribution is 2.37. The van der Waals surface area contributed by atoms with Gasteiger partial charge < -0.3 is 9.88 Å². The largest absolute Gasteiger partial charge is 0.365 e. The third-order valence-electron chi connectivity index (χ3n) is 5.35. The number of anilines is 1. The number of hydrogen-bond acceptors (Lipinski definition) is 6. The zero-order chi connectivity index (χ0) is 21.3. The van der Waals surface area contributed by atoms with Gasteiger partial charge in [-0.15, -0.1) is 0 Å². The summed E-state index contributed by atoms with van der Waals surface area (Å²) in [6, 6.07) is 7.58. The first kappa shape index (κ1) is 21.3. The van der Waals surface area contributed by atoms with Crippen LogP contribution in [-0.2, 0) is 21.0 Å². The van der Waals surface area contributed by atoms with Gasteiger partial charge in [0.1, 0.15) is 17.8 Å². The number of nitrogens with two attached hydrogens (primary N) is 1. The average molecular weight is 470 g/mol. The molecule has 11 heteroatoms. The van der Waals surface area contributed by atoms with Gasteiger partial charge in [-0.1, -0.05) is 29.3 Å². The van der Waals surface area contributed by atoms with E-state index in [2.05, 4.69) is 19.9 Å². The lowest BCUT2D eigenvalue weighted by Gasteiger charge is -2.14. The molecule has 0 saturated heterocycles. The fraction of sp³-hybridized carbons (Fsp3) is 0.368. The van der Waals surface area contributed by atoms with E-state index in [1.54, 1.807) is 12.1 Å². The van der Waals surface area contributed by atoms with Crippen molar-refractivity contribution >= 4 is 50.4 Å². The number of benzene rings is 1. The SMILES string of the molecule is NS(=O)(=O)OC[C@H]1CC[C@H](n2ccc3c(NCc4ccc(Cl)cc4Cl)ncnc32)C1. The van der Waals surface area contributed by atoms with E-state index < -0.39 is 10.3 Å². The van der Waals surface area contributed by atoms with Crippen LogP contribution >= 0.6 is 23.2 Å². The predicted molar refractivity (Wildman–Crippen MR) is 117 cm³/mol. The molecule has 3 N–H and O–H groups in total. The van der Waals surface area contributed by atoms with Crippen molar-refractivity contribution in [3.8, 4) is 0 Å². The van der Waals surface area contributed by atoms with E-state index in [0.29, 0.717) is 16.6 Å². The van der Waals surface area contributed by atoms with Crippen molar-refractivity contribution in [1.82, 2.24) is 14.5 Å². The molecule has 1 fully saturated rings. The summed E-state index contributed by atoms with van der Waals surface area (Å²) in [4.78, 5) is 8.84. The molecule has 1 saturated carbocycles. The first-order valence-electron chi connectivity index (χ1n) is 9.46. The lowest BCUT2D eigenvalue weighted by molar-refractivity contribution is 0.253. The molecule has 3 aromatic rings. The first-order valence-corrected chi connectivity index (χ1v) is 11.7. The van der Waals surface area contributed by atoms with Crippen LogP contribution in [0.5, 0.6) is 0 Å². The maximum absolute atomic E-state index is 11.0. The zero-order valence-corrected chi connectivity index (χ0v) is 18.3. The maximum atomic E-state index is 11.0. The summed E-state index contributed by atoms with van der Waals surface area (Å²) in [6.07, 6.45) is 6.10. The van der Waals surface area contributed by atoms with Gasteiger partial charge in [0.2, 0.25) is 0 Å². The molecule has 4 rings (SSSR count). The van der Waals surface area contributed by atoms with Gasteiger partial charge in [-0.05, 0) is 48.9 Å². The van der Waals surface area contributed by atoms with Gasteiger partial charge in [0.25, 0.3) is 0 Å². The Kier molecular flexibility index (Phi) is 6.17. The molecule has 8 nitrogen and oxygen atoms in total. The molecule has 30 heavy (non-hydrogen) atoms. The van der Waals surface area contributed by atoms with Crippen LogP contribution in [0.3, 0.4) is 0 Å². The second kappa shape index (κ2) is 8.68. The molecule has 1 aromatic carbocycles. The molecule has 0 aliphatic heterocycles. The van der Waals surface area contributed by atoms with Gasteiger partial charge in [-0.2, -0.15) is 8.42 Å². The maximum Gasteiger partial charge on any atom is 0.333 e. The van der Waals surface area contributed by atoms with E-state index in [0.717, 1.165) is 41.7 Å². The Hall–Kier alpha value is -1.91. The smallest absolute Gasteiger partial charge is 0.333 e. The normalized spacial score (nSPS) is 19.4. The van der Waals surface area contributed by atoms with E-state index in [1.807, 2.05) is 18.3 Å². The lowest BCUT2D eigenvalue weighted by atomic mass is 10.1. The molecule has 0 bridgehead atoms. The van der Waals surface area contributed by atoms with E-state index in [4.69, 9.17) is 32.5 Å². The molecule has 160 valence electrons. The minimum atomic E-state index is -3.91. The minimum absolute atomic E-state index is 0.109. The Bertz CT molecular complexity index is 1170. The number of hydrogen-bond donors (Lipinski definition) is 2. The highest BCUT2D eigenvalue weighted by molar-refractivity contribution is 7.84. The van der Waals surface area contributed by atoms with Crippen LogP contribution in [-0.4, -0.2) is 29.6 Å². The topological polar surface area (TPSA) is 112 Å². The Morgan fingerprint density at radius 1 is 1.23 bits per heavy atom. The summed E-state index contributed by atoms with van der Waals surface area (Å²) in [5, 5.41) is 10.3. The van der Waals surface area contributed by atoms with Gasteiger partial charge in [-0.3, -0.25) is 4.18 Å². The number of nitrogens with zero attached hydrogens (tertiary/aromatic N) is 3. The second-order valence-corrected chi connectivity index (χ2v) is 9.45. The Labute approximate surface area is 184 Å². The van der Waals surface area contributed by atoms with Gasteiger partial charge in [0, 0.05) is 28.8 Å². The van der Waals surface area contributed by atoms with Gasteiger partial charge >= 0.3 is 10.3 Å². The zero-order valence-electron chi connectivity index (χ0n) is 16.0. The van der Waals surface area contributed by atoms with Gasteiger partial charge in [-0.25, -0.2) is 15.1 Å². The molecule has 2 aromatic heterocycles. The molecule has 2 atom stereocenters. The van der Waals surface area contributed by atoms with Crippen molar-refractivity contribution < 1.29 is 12.6 Å². The highest BCUT2D eigenvalue weighted by atomic mass is 35.5. The molecule has 1 aliphatic carbocycles. The van der Waals surface area contributed by atoms with Crippen LogP contribution < -0.4 is 10.5 Å². The van der Waals surface area contributed by atoms with Crippen LogP contribution in [0.1, 0.15) is 30.9 Å². The third kappa shape index (κ3) is 4.87. The molecule has 2 heterocycles. The quantitative estimate of drug-likeness (QED) is 0.542. The van der Waals surface area contributed by atoms with Crippen LogP contribution in [0, 0.1) is 5.92 Å². The number of aromatic nitrogens is 3. The predicted octanol–water partition coefficient (Wildman–Crippen LogP) is 3.91. The fourth-order valence-electron chi connectivity index (χ4n) is 3.89. The monoisotopic (exact) mass is 469 g/mol. The molecule has 1 aliphatic rings. The summed E-state index contributed by atoms with van der Waals surface area (Å²) in [5.74, 6) is 0.856. The van der Waals surface area contributed by atoms with Crippen molar-refractivity contribution in [2.75, 3.05) is 11.9 Å². The number of halogens is 2. The summed E-state index contributed by atoms with van der Waals surface area (Å²) in [5.41, 5.74) is 1.74. The molecule has 0 amide bonds. The highest BCUT2D eigenvalue weighted by Gasteiger charge is 2.28. The first-order chi connectivity index (χ1) is 14.3. The molecular weight excluding hydrogens is 449 g/mol. The van der Waals surface area contributed by atoms with E-state index in [9.17, 15) is 8.42 Å².